The summed E-state index contributed by atoms with van der Waals surface area (Å²) >= 11 is 0. The second-order valence-electron chi connectivity index (χ2n) is 3.22. The zero-order valence-corrected chi connectivity index (χ0v) is 10.5. The second kappa shape index (κ2) is 7.98. The molecule has 0 fully saturated rings. The fourth-order valence-electron chi connectivity index (χ4n) is 1.07. The van der Waals surface area contributed by atoms with Gasteiger partial charge in [-0.25, -0.2) is 0 Å². The molecule has 0 aliphatic heterocycles. The molecule has 1 aromatic rings. The van der Waals surface area contributed by atoms with E-state index in [-0.39, 0.29) is 0 Å². The SMILES string of the molecule is CC.CCCCOc1ccc(C(F)(F)F)cc1. The third-order valence-corrected chi connectivity index (χ3v) is 1.95. The van der Waals surface area contributed by atoms with E-state index in [1.165, 1.54) is 12.1 Å². The molecule has 0 bridgehead atoms. The fourth-order valence-corrected chi connectivity index (χ4v) is 1.07. The summed E-state index contributed by atoms with van der Waals surface area (Å²) in [5.41, 5.74) is -0.648. The van der Waals surface area contributed by atoms with Crippen LogP contribution in [0.2, 0.25) is 0 Å². The molecular weight excluding hydrogens is 229 g/mol. The van der Waals surface area contributed by atoms with Crippen molar-refractivity contribution in [1.29, 1.82) is 0 Å². The van der Waals surface area contributed by atoms with Crippen molar-refractivity contribution in [2.24, 2.45) is 0 Å². The number of unbranched alkanes of at least 4 members (excludes halogenated alkanes) is 1. The second-order valence-corrected chi connectivity index (χ2v) is 3.22. The lowest BCUT2D eigenvalue weighted by molar-refractivity contribution is -0.137. The molecule has 17 heavy (non-hydrogen) atoms. The Balaban J connectivity index is 0.00000121. The number of hydrogen-bond acceptors (Lipinski definition) is 1. The zero-order valence-electron chi connectivity index (χ0n) is 10.5. The highest BCUT2D eigenvalue weighted by molar-refractivity contribution is 5.28. The summed E-state index contributed by atoms with van der Waals surface area (Å²) in [6.07, 6.45) is -2.37. The molecule has 0 saturated heterocycles. The van der Waals surface area contributed by atoms with Gasteiger partial charge in [0.25, 0.3) is 0 Å². The predicted octanol–water partition coefficient (Wildman–Crippen LogP) is 4.91. The summed E-state index contributed by atoms with van der Waals surface area (Å²) < 4.78 is 41.8. The van der Waals surface area contributed by atoms with Gasteiger partial charge in [0.15, 0.2) is 0 Å². The highest BCUT2D eigenvalue weighted by Gasteiger charge is 2.29. The van der Waals surface area contributed by atoms with Gasteiger partial charge in [-0.3, -0.25) is 0 Å². The van der Waals surface area contributed by atoms with Gasteiger partial charge in [0.05, 0.1) is 12.2 Å². The topological polar surface area (TPSA) is 9.23 Å². The molecule has 1 rings (SSSR count). The van der Waals surface area contributed by atoms with Crippen LogP contribution in [0.25, 0.3) is 0 Å². The molecule has 0 heterocycles. The van der Waals surface area contributed by atoms with E-state index in [0.29, 0.717) is 12.4 Å². The molecule has 0 radical (unpaired) electrons. The Morgan fingerprint density at radius 2 is 1.59 bits per heavy atom. The van der Waals surface area contributed by atoms with E-state index in [2.05, 4.69) is 0 Å². The number of alkyl halides is 3. The number of halogens is 3. The maximum Gasteiger partial charge on any atom is 0.416 e. The van der Waals surface area contributed by atoms with Crippen LogP contribution >= 0.6 is 0 Å². The van der Waals surface area contributed by atoms with E-state index in [9.17, 15) is 13.2 Å². The molecule has 0 spiro atoms. The molecule has 0 atom stereocenters. The normalized spacial score (nSPS) is 10.5. The van der Waals surface area contributed by atoms with E-state index in [4.69, 9.17) is 4.74 Å². The van der Waals surface area contributed by atoms with Crippen LogP contribution in [0.3, 0.4) is 0 Å². The maximum absolute atomic E-state index is 12.2. The Morgan fingerprint density at radius 1 is 1.06 bits per heavy atom. The van der Waals surface area contributed by atoms with Crippen molar-refractivity contribution in [2.75, 3.05) is 6.61 Å². The van der Waals surface area contributed by atoms with Crippen LogP contribution in [0.4, 0.5) is 13.2 Å². The summed E-state index contributed by atoms with van der Waals surface area (Å²) in [4.78, 5) is 0. The smallest absolute Gasteiger partial charge is 0.416 e. The molecule has 0 amide bonds. The van der Waals surface area contributed by atoms with Gasteiger partial charge in [-0.15, -0.1) is 0 Å². The van der Waals surface area contributed by atoms with Crippen molar-refractivity contribution in [2.45, 2.75) is 39.8 Å². The minimum Gasteiger partial charge on any atom is -0.494 e. The molecule has 4 heteroatoms. The Labute approximate surface area is 101 Å². The molecule has 1 aromatic carbocycles. The molecule has 0 aliphatic carbocycles. The standard InChI is InChI=1S/C11H13F3O.C2H6/c1-2-3-8-15-10-6-4-9(5-7-10)11(12,13)14;1-2/h4-7H,2-3,8H2,1H3;1-2H3. The average molecular weight is 248 g/mol. The third kappa shape index (κ3) is 6.19. The summed E-state index contributed by atoms with van der Waals surface area (Å²) in [6.45, 7) is 6.57. The van der Waals surface area contributed by atoms with Crippen molar-refractivity contribution < 1.29 is 17.9 Å². The Morgan fingerprint density at radius 3 is 2.00 bits per heavy atom. The third-order valence-electron chi connectivity index (χ3n) is 1.95. The van der Waals surface area contributed by atoms with Crippen molar-refractivity contribution in [3.63, 3.8) is 0 Å². The van der Waals surface area contributed by atoms with Gasteiger partial charge in [-0.1, -0.05) is 27.2 Å². The van der Waals surface area contributed by atoms with E-state index in [1.54, 1.807) is 0 Å². The lowest BCUT2D eigenvalue weighted by Gasteiger charge is -2.08. The van der Waals surface area contributed by atoms with Crippen molar-refractivity contribution in [1.82, 2.24) is 0 Å². The average Bonchev–Trinajstić information content (AvgIpc) is 2.32. The van der Waals surface area contributed by atoms with Crippen molar-refractivity contribution in [3.05, 3.63) is 29.8 Å². The van der Waals surface area contributed by atoms with Gasteiger partial charge in [-0.2, -0.15) is 13.2 Å². The number of hydrogen-bond donors (Lipinski definition) is 0. The maximum atomic E-state index is 12.2. The molecule has 0 unspecified atom stereocenters. The number of rotatable bonds is 4. The van der Waals surface area contributed by atoms with Crippen LogP contribution in [0, 0.1) is 0 Å². The van der Waals surface area contributed by atoms with Crippen LogP contribution in [0.15, 0.2) is 24.3 Å². The van der Waals surface area contributed by atoms with E-state index < -0.39 is 11.7 Å². The fraction of sp³-hybridized carbons (Fsp3) is 0.538. The Bertz CT molecular complexity index is 291. The van der Waals surface area contributed by atoms with Gasteiger partial charge >= 0.3 is 6.18 Å². The van der Waals surface area contributed by atoms with Crippen molar-refractivity contribution >= 4 is 0 Å². The first-order valence-electron chi connectivity index (χ1n) is 5.84. The van der Waals surface area contributed by atoms with Gasteiger partial charge in [0, 0.05) is 0 Å². The summed E-state index contributed by atoms with van der Waals surface area (Å²) in [5.74, 6) is 0.483. The quantitative estimate of drug-likeness (QED) is 0.688. The molecule has 0 aromatic heterocycles. The first-order valence-corrected chi connectivity index (χ1v) is 5.84. The first-order chi connectivity index (χ1) is 8.04. The van der Waals surface area contributed by atoms with Crippen molar-refractivity contribution in [3.8, 4) is 5.75 Å². The Kier molecular flexibility index (Phi) is 7.42. The summed E-state index contributed by atoms with van der Waals surface area (Å²) in [6, 6.07) is 4.75. The van der Waals surface area contributed by atoms with Crippen LogP contribution in [-0.2, 0) is 6.18 Å². The largest absolute Gasteiger partial charge is 0.494 e. The molecule has 0 aliphatic rings. The summed E-state index contributed by atoms with van der Waals surface area (Å²) in [5, 5.41) is 0. The van der Waals surface area contributed by atoms with Gasteiger partial charge < -0.3 is 4.74 Å². The lowest BCUT2D eigenvalue weighted by Crippen LogP contribution is -2.04. The van der Waals surface area contributed by atoms with Crippen LogP contribution in [0.5, 0.6) is 5.75 Å². The highest BCUT2D eigenvalue weighted by Crippen LogP contribution is 2.30. The summed E-state index contributed by atoms with van der Waals surface area (Å²) in [7, 11) is 0. The zero-order chi connectivity index (χ0) is 13.3. The van der Waals surface area contributed by atoms with Crippen LogP contribution in [0.1, 0.15) is 39.2 Å². The van der Waals surface area contributed by atoms with Gasteiger partial charge in [0.2, 0.25) is 0 Å². The highest BCUT2D eigenvalue weighted by atomic mass is 19.4. The molecule has 0 saturated carbocycles. The molecule has 0 N–H and O–H groups in total. The number of benzene rings is 1. The minimum absolute atomic E-state index is 0.483. The van der Waals surface area contributed by atoms with Crippen LogP contribution in [-0.4, -0.2) is 6.61 Å². The van der Waals surface area contributed by atoms with Gasteiger partial charge in [-0.05, 0) is 30.7 Å². The Hall–Kier alpha value is -1.19. The number of ether oxygens (including phenoxy) is 1. The van der Waals surface area contributed by atoms with Gasteiger partial charge in [0.1, 0.15) is 5.75 Å². The van der Waals surface area contributed by atoms with E-state index in [0.717, 1.165) is 25.0 Å². The molecule has 98 valence electrons. The molecular formula is C13H19F3O. The lowest BCUT2D eigenvalue weighted by atomic mass is 10.2. The van der Waals surface area contributed by atoms with Crippen LogP contribution < -0.4 is 4.74 Å². The van der Waals surface area contributed by atoms with E-state index >= 15 is 0 Å². The predicted molar refractivity (Wildman–Crippen MR) is 63.2 cm³/mol. The van der Waals surface area contributed by atoms with E-state index in [1.807, 2.05) is 20.8 Å². The monoisotopic (exact) mass is 248 g/mol. The minimum atomic E-state index is -4.28. The first kappa shape index (κ1) is 15.8. The molecule has 1 nitrogen and oxygen atoms in total.